The van der Waals surface area contributed by atoms with E-state index in [1.807, 2.05) is 12.1 Å². The first-order valence-electron chi connectivity index (χ1n) is 8.37. The van der Waals surface area contributed by atoms with Gasteiger partial charge in [0.15, 0.2) is 11.5 Å². The molecule has 2 amide bonds. The minimum absolute atomic E-state index is 0.262. The van der Waals surface area contributed by atoms with Crippen LogP contribution in [0.15, 0.2) is 46.9 Å². The third kappa shape index (κ3) is 3.79. The van der Waals surface area contributed by atoms with Crippen molar-refractivity contribution in [2.45, 2.75) is 25.2 Å². The van der Waals surface area contributed by atoms with E-state index in [1.165, 1.54) is 12.1 Å². The first kappa shape index (κ1) is 15.6. The molecule has 25 heavy (non-hydrogen) atoms. The number of rotatable bonds is 5. The molecular formula is C19H18FN3O2. The lowest BCUT2D eigenvalue weighted by atomic mass is 10.1. The van der Waals surface area contributed by atoms with E-state index in [1.54, 1.807) is 18.2 Å². The smallest absolute Gasteiger partial charge is 0.319 e. The molecular weight excluding hydrogens is 321 g/mol. The van der Waals surface area contributed by atoms with Crippen LogP contribution >= 0.6 is 0 Å². The minimum Gasteiger partial charge on any atom is -0.440 e. The van der Waals surface area contributed by atoms with Crippen molar-refractivity contribution in [3.63, 3.8) is 0 Å². The number of carbonyl (C=O) groups excluding carboxylic acids is 1. The van der Waals surface area contributed by atoms with Gasteiger partial charge in [0.25, 0.3) is 0 Å². The van der Waals surface area contributed by atoms with Gasteiger partial charge in [0.05, 0.1) is 0 Å². The summed E-state index contributed by atoms with van der Waals surface area (Å²) >= 11 is 0. The number of urea groups is 1. The van der Waals surface area contributed by atoms with Gasteiger partial charge in [0.2, 0.25) is 0 Å². The van der Waals surface area contributed by atoms with E-state index >= 15 is 0 Å². The number of carbonyl (C=O) groups is 1. The number of hydrogen-bond acceptors (Lipinski definition) is 3. The number of nitrogens with zero attached hydrogens (tertiary/aromatic N) is 1. The van der Waals surface area contributed by atoms with Gasteiger partial charge < -0.3 is 15.1 Å². The Morgan fingerprint density at radius 1 is 1.20 bits per heavy atom. The zero-order chi connectivity index (χ0) is 17.2. The van der Waals surface area contributed by atoms with Gasteiger partial charge in [-0.1, -0.05) is 12.1 Å². The van der Waals surface area contributed by atoms with Crippen LogP contribution < -0.4 is 10.6 Å². The van der Waals surface area contributed by atoms with E-state index in [-0.39, 0.29) is 11.8 Å². The van der Waals surface area contributed by atoms with Crippen molar-refractivity contribution in [3.8, 4) is 0 Å². The lowest BCUT2D eigenvalue weighted by Crippen LogP contribution is -2.30. The zero-order valence-corrected chi connectivity index (χ0v) is 13.6. The van der Waals surface area contributed by atoms with E-state index in [0.717, 1.165) is 35.4 Å². The Hall–Kier alpha value is -2.89. The predicted octanol–water partition coefficient (Wildman–Crippen LogP) is 4.21. The van der Waals surface area contributed by atoms with Gasteiger partial charge in [0, 0.05) is 18.2 Å². The quantitative estimate of drug-likeness (QED) is 0.732. The van der Waals surface area contributed by atoms with Crippen molar-refractivity contribution in [2.75, 3.05) is 11.9 Å². The Kier molecular flexibility index (Phi) is 4.09. The highest BCUT2D eigenvalue weighted by Crippen LogP contribution is 2.40. The Morgan fingerprint density at radius 3 is 2.76 bits per heavy atom. The first-order valence-corrected chi connectivity index (χ1v) is 8.37. The predicted molar refractivity (Wildman–Crippen MR) is 93.1 cm³/mol. The third-order valence-corrected chi connectivity index (χ3v) is 4.20. The summed E-state index contributed by atoms with van der Waals surface area (Å²) in [6, 6.07) is 11.4. The standard InChI is InChI=1S/C19H18FN3O2/c20-14-5-1-12(2-6-14)9-10-21-19(24)22-15-7-8-17-16(11-15)23-18(25-17)13-3-4-13/h1-2,5-8,11,13H,3-4,9-10H2,(H2,21,22,24). The van der Waals surface area contributed by atoms with Crippen LogP contribution in [-0.2, 0) is 6.42 Å². The zero-order valence-electron chi connectivity index (χ0n) is 13.6. The number of aromatic nitrogens is 1. The molecule has 4 rings (SSSR count). The summed E-state index contributed by atoms with van der Waals surface area (Å²) in [5.41, 5.74) is 3.14. The summed E-state index contributed by atoms with van der Waals surface area (Å²) in [7, 11) is 0. The SMILES string of the molecule is O=C(NCCc1ccc(F)cc1)Nc1ccc2oc(C3CC3)nc2c1. The van der Waals surface area contributed by atoms with Crippen molar-refractivity contribution in [1.82, 2.24) is 10.3 Å². The van der Waals surface area contributed by atoms with Gasteiger partial charge >= 0.3 is 6.03 Å². The Labute approximate surface area is 144 Å². The maximum absolute atomic E-state index is 12.8. The molecule has 0 bridgehead atoms. The summed E-state index contributed by atoms with van der Waals surface area (Å²) in [6.45, 7) is 0.468. The van der Waals surface area contributed by atoms with E-state index in [4.69, 9.17) is 4.42 Å². The van der Waals surface area contributed by atoms with Crippen molar-refractivity contribution in [1.29, 1.82) is 0 Å². The van der Waals surface area contributed by atoms with Crippen LogP contribution in [0.5, 0.6) is 0 Å². The number of fused-ring (bicyclic) bond motifs is 1. The summed E-state index contributed by atoms with van der Waals surface area (Å²) in [4.78, 5) is 16.5. The molecule has 0 aliphatic heterocycles. The summed E-state index contributed by atoms with van der Waals surface area (Å²) in [6.07, 6.45) is 2.91. The highest BCUT2D eigenvalue weighted by molar-refractivity contribution is 5.91. The van der Waals surface area contributed by atoms with Crippen molar-refractivity contribution >= 4 is 22.8 Å². The molecule has 3 aromatic rings. The molecule has 5 nitrogen and oxygen atoms in total. The fourth-order valence-electron chi connectivity index (χ4n) is 2.67. The molecule has 1 fully saturated rings. The van der Waals surface area contributed by atoms with Crippen LogP contribution in [0, 0.1) is 5.82 Å². The first-order chi connectivity index (χ1) is 12.2. The van der Waals surface area contributed by atoms with Crippen molar-refractivity contribution < 1.29 is 13.6 Å². The molecule has 1 saturated carbocycles. The number of amides is 2. The Balaban J connectivity index is 1.32. The second-order valence-corrected chi connectivity index (χ2v) is 6.27. The molecule has 1 aromatic heterocycles. The van der Waals surface area contributed by atoms with Gasteiger partial charge in [-0.15, -0.1) is 0 Å². The third-order valence-electron chi connectivity index (χ3n) is 4.20. The molecule has 0 atom stereocenters. The number of halogens is 1. The average Bonchev–Trinajstić information content (AvgIpc) is 3.36. The van der Waals surface area contributed by atoms with Crippen molar-refractivity contribution in [3.05, 3.63) is 59.7 Å². The van der Waals surface area contributed by atoms with Crippen LogP contribution in [0.1, 0.15) is 30.2 Å². The molecule has 0 saturated heterocycles. The lowest BCUT2D eigenvalue weighted by Gasteiger charge is -2.07. The van der Waals surface area contributed by atoms with Crippen LogP contribution in [0.2, 0.25) is 0 Å². The van der Waals surface area contributed by atoms with Crippen LogP contribution in [0.3, 0.4) is 0 Å². The van der Waals surface area contributed by atoms with Gasteiger partial charge in [0.1, 0.15) is 11.3 Å². The monoisotopic (exact) mass is 339 g/mol. The lowest BCUT2D eigenvalue weighted by molar-refractivity contribution is 0.252. The summed E-state index contributed by atoms with van der Waals surface area (Å²) in [5.74, 6) is 0.983. The molecule has 6 heteroatoms. The molecule has 128 valence electrons. The molecule has 0 radical (unpaired) electrons. The molecule has 2 aromatic carbocycles. The number of nitrogens with one attached hydrogen (secondary N) is 2. The molecule has 1 aliphatic carbocycles. The topological polar surface area (TPSA) is 67.2 Å². The average molecular weight is 339 g/mol. The second kappa shape index (κ2) is 6.55. The van der Waals surface area contributed by atoms with Crippen LogP contribution in [0.4, 0.5) is 14.9 Å². The van der Waals surface area contributed by atoms with Crippen LogP contribution in [-0.4, -0.2) is 17.6 Å². The fraction of sp³-hybridized carbons (Fsp3) is 0.263. The Morgan fingerprint density at radius 2 is 2.00 bits per heavy atom. The molecule has 1 aliphatic rings. The van der Waals surface area contributed by atoms with Crippen molar-refractivity contribution in [2.24, 2.45) is 0 Å². The highest BCUT2D eigenvalue weighted by Gasteiger charge is 2.28. The van der Waals surface area contributed by atoms with E-state index in [9.17, 15) is 9.18 Å². The molecule has 0 spiro atoms. The maximum Gasteiger partial charge on any atom is 0.319 e. The fourth-order valence-corrected chi connectivity index (χ4v) is 2.67. The maximum atomic E-state index is 12.8. The van der Waals surface area contributed by atoms with Gasteiger partial charge in [-0.2, -0.15) is 0 Å². The van der Waals surface area contributed by atoms with E-state index < -0.39 is 0 Å². The largest absolute Gasteiger partial charge is 0.440 e. The number of oxazole rings is 1. The normalized spacial score (nSPS) is 13.8. The molecule has 1 heterocycles. The van der Waals surface area contributed by atoms with Gasteiger partial charge in [-0.3, -0.25) is 0 Å². The number of hydrogen-bond donors (Lipinski definition) is 2. The summed E-state index contributed by atoms with van der Waals surface area (Å²) in [5, 5.41) is 5.58. The van der Waals surface area contributed by atoms with Gasteiger partial charge in [-0.25, -0.2) is 14.2 Å². The molecule has 2 N–H and O–H groups in total. The van der Waals surface area contributed by atoms with E-state index in [0.29, 0.717) is 24.6 Å². The van der Waals surface area contributed by atoms with E-state index in [2.05, 4.69) is 15.6 Å². The summed E-state index contributed by atoms with van der Waals surface area (Å²) < 4.78 is 18.6. The second-order valence-electron chi connectivity index (χ2n) is 6.27. The van der Waals surface area contributed by atoms with Gasteiger partial charge in [-0.05, 0) is 55.2 Å². The Bertz CT molecular complexity index is 901. The highest BCUT2D eigenvalue weighted by atomic mass is 19.1. The number of benzene rings is 2. The number of anilines is 1. The van der Waals surface area contributed by atoms with Crippen LogP contribution in [0.25, 0.3) is 11.1 Å². The molecule has 0 unspecified atom stereocenters. The minimum atomic E-state index is -0.285.